The molecule has 1 aliphatic rings. The Bertz CT molecular complexity index is 434. The van der Waals surface area contributed by atoms with Crippen molar-refractivity contribution < 1.29 is 19.1 Å². The van der Waals surface area contributed by atoms with Gasteiger partial charge in [-0.05, 0) is 19.8 Å². The van der Waals surface area contributed by atoms with Gasteiger partial charge in [0.05, 0.1) is 11.1 Å². The Kier molecular flexibility index (Phi) is 2.41. The molecular weight excluding hydrogens is 212 g/mol. The average molecular weight is 224 g/mol. The summed E-state index contributed by atoms with van der Waals surface area (Å²) in [5.74, 6) is -1.13. The minimum atomic E-state index is -0.859. The lowest BCUT2D eigenvalue weighted by molar-refractivity contribution is -0.143. The lowest BCUT2D eigenvalue weighted by Gasteiger charge is -2.09. The number of carbonyl (C=O) groups excluding carboxylic acids is 1. The van der Waals surface area contributed by atoms with E-state index in [0.717, 1.165) is 0 Å². The summed E-state index contributed by atoms with van der Waals surface area (Å²) in [6.45, 7) is 1.80. The summed E-state index contributed by atoms with van der Waals surface area (Å²) in [5, 5.41) is 11.5. The van der Waals surface area contributed by atoms with Crippen LogP contribution in [0.1, 0.15) is 29.1 Å². The third-order valence-electron chi connectivity index (χ3n) is 2.85. The fourth-order valence-corrected chi connectivity index (χ4v) is 1.47. The summed E-state index contributed by atoms with van der Waals surface area (Å²) in [6.07, 6.45) is 2.41. The van der Waals surface area contributed by atoms with Gasteiger partial charge >= 0.3 is 5.97 Å². The Morgan fingerprint density at radius 2 is 2.31 bits per heavy atom. The topological polar surface area (TPSA) is 92.4 Å². The number of oxazole rings is 1. The second kappa shape index (κ2) is 3.62. The van der Waals surface area contributed by atoms with Gasteiger partial charge < -0.3 is 14.8 Å². The van der Waals surface area contributed by atoms with E-state index < -0.39 is 17.3 Å². The fraction of sp³-hybridized carbons (Fsp3) is 0.500. The minimum absolute atomic E-state index is 0.140. The molecule has 0 radical (unpaired) electrons. The van der Waals surface area contributed by atoms with Crippen molar-refractivity contribution in [3.05, 3.63) is 17.8 Å². The van der Waals surface area contributed by atoms with E-state index in [0.29, 0.717) is 18.5 Å². The number of amides is 1. The molecule has 1 heterocycles. The Hall–Kier alpha value is -1.85. The van der Waals surface area contributed by atoms with Crippen LogP contribution >= 0.6 is 0 Å². The Balaban J connectivity index is 1.95. The van der Waals surface area contributed by atoms with Crippen LogP contribution in [0.2, 0.25) is 0 Å². The summed E-state index contributed by atoms with van der Waals surface area (Å²) in [4.78, 5) is 26.2. The van der Waals surface area contributed by atoms with Crippen LogP contribution in [0.5, 0.6) is 0 Å². The lowest BCUT2D eigenvalue weighted by Crippen LogP contribution is -2.34. The second-order valence-electron chi connectivity index (χ2n) is 4.04. The number of carboxylic acid groups (broad SMARTS) is 1. The van der Waals surface area contributed by atoms with Gasteiger partial charge in [-0.2, -0.15) is 0 Å². The maximum absolute atomic E-state index is 11.6. The predicted molar refractivity (Wildman–Crippen MR) is 52.9 cm³/mol. The van der Waals surface area contributed by atoms with Crippen LogP contribution in [0.4, 0.5) is 0 Å². The van der Waals surface area contributed by atoms with E-state index in [2.05, 4.69) is 10.3 Å². The standard InChI is InChI=1S/C10H12N2O4/c1-6-7(16-5-12-6)8(13)11-4-10(2-3-10)9(14)15/h5H,2-4H2,1H3,(H,11,13)(H,14,15). The van der Waals surface area contributed by atoms with Crippen LogP contribution in [0, 0.1) is 12.3 Å². The number of aromatic nitrogens is 1. The first-order valence-corrected chi connectivity index (χ1v) is 4.97. The van der Waals surface area contributed by atoms with E-state index in [1.807, 2.05) is 0 Å². The predicted octanol–water partition coefficient (Wildman–Crippen LogP) is 0.578. The molecule has 16 heavy (non-hydrogen) atoms. The Morgan fingerprint density at radius 3 is 2.75 bits per heavy atom. The molecular formula is C10H12N2O4. The summed E-state index contributed by atoms with van der Waals surface area (Å²) in [6, 6.07) is 0. The summed E-state index contributed by atoms with van der Waals surface area (Å²) in [7, 11) is 0. The number of carbonyl (C=O) groups is 2. The molecule has 0 saturated heterocycles. The second-order valence-corrected chi connectivity index (χ2v) is 4.04. The molecule has 1 aliphatic carbocycles. The largest absolute Gasteiger partial charge is 0.481 e. The molecule has 2 rings (SSSR count). The molecule has 1 saturated carbocycles. The highest BCUT2D eigenvalue weighted by molar-refractivity contribution is 5.92. The highest BCUT2D eigenvalue weighted by Crippen LogP contribution is 2.45. The van der Waals surface area contributed by atoms with E-state index in [1.165, 1.54) is 6.39 Å². The zero-order chi connectivity index (χ0) is 11.8. The smallest absolute Gasteiger partial charge is 0.311 e. The van der Waals surface area contributed by atoms with Gasteiger partial charge in [0.25, 0.3) is 5.91 Å². The Labute approximate surface area is 91.7 Å². The van der Waals surface area contributed by atoms with Gasteiger partial charge in [-0.1, -0.05) is 0 Å². The minimum Gasteiger partial charge on any atom is -0.481 e. The summed E-state index contributed by atoms with van der Waals surface area (Å²) < 4.78 is 4.90. The van der Waals surface area contributed by atoms with Gasteiger partial charge in [0.2, 0.25) is 5.76 Å². The normalized spacial score (nSPS) is 16.8. The van der Waals surface area contributed by atoms with Crippen molar-refractivity contribution in [1.82, 2.24) is 10.3 Å². The molecule has 0 bridgehead atoms. The number of nitrogens with zero attached hydrogens (tertiary/aromatic N) is 1. The van der Waals surface area contributed by atoms with Crippen molar-refractivity contribution in [2.75, 3.05) is 6.54 Å². The van der Waals surface area contributed by atoms with Crippen LogP contribution in [-0.4, -0.2) is 28.5 Å². The van der Waals surface area contributed by atoms with Gasteiger partial charge in [0.1, 0.15) is 0 Å². The van der Waals surface area contributed by atoms with Crippen LogP contribution in [0.15, 0.2) is 10.8 Å². The molecule has 2 N–H and O–H groups in total. The van der Waals surface area contributed by atoms with Gasteiger partial charge in [0, 0.05) is 6.54 Å². The number of carboxylic acids is 1. The molecule has 6 heteroatoms. The highest BCUT2D eigenvalue weighted by Gasteiger charge is 2.50. The van der Waals surface area contributed by atoms with Crippen molar-refractivity contribution in [3.63, 3.8) is 0 Å². The lowest BCUT2D eigenvalue weighted by atomic mass is 10.1. The first kappa shape index (κ1) is 10.7. The molecule has 0 spiro atoms. The highest BCUT2D eigenvalue weighted by atomic mass is 16.4. The van der Waals surface area contributed by atoms with E-state index in [4.69, 9.17) is 9.52 Å². The molecule has 1 fully saturated rings. The zero-order valence-corrected chi connectivity index (χ0v) is 8.82. The maximum Gasteiger partial charge on any atom is 0.311 e. The SMILES string of the molecule is Cc1ncoc1C(=O)NCC1(C(=O)O)CC1. The average Bonchev–Trinajstić information content (AvgIpc) is 2.92. The molecule has 6 nitrogen and oxygen atoms in total. The van der Waals surface area contributed by atoms with E-state index in [-0.39, 0.29) is 12.3 Å². The number of hydrogen-bond acceptors (Lipinski definition) is 4. The van der Waals surface area contributed by atoms with E-state index in [1.54, 1.807) is 6.92 Å². The number of rotatable bonds is 4. The van der Waals surface area contributed by atoms with Gasteiger partial charge in [0.15, 0.2) is 6.39 Å². The fourth-order valence-electron chi connectivity index (χ4n) is 1.47. The monoisotopic (exact) mass is 224 g/mol. The first-order valence-electron chi connectivity index (χ1n) is 4.97. The number of aryl methyl sites for hydroxylation is 1. The van der Waals surface area contributed by atoms with Crippen LogP contribution in [0.3, 0.4) is 0 Å². The maximum atomic E-state index is 11.6. The van der Waals surface area contributed by atoms with Crippen LogP contribution in [-0.2, 0) is 4.79 Å². The van der Waals surface area contributed by atoms with E-state index in [9.17, 15) is 9.59 Å². The van der Waals surface area contributed by atoms with Crippen LogP contribution in [0.25, 0.3) is 0 Å². The Morgan fingerprint density at radius 1 is 1.62 bits per heavy atom. The molecule has 0 atom stereocenters. The molecule has 1 aromatic heterocycles. The quantitative estimate of drug-likeness (QED) is 0.780. The van der Waals surface area contributed by atoms with Crippen molar-refractivity contribution >= 4 is 11.9 Å². The van der Waals surface area contributed by atoms with Gasteiger partial charge in [-0.25, -0.2) is 4.98 Å². The molecule has 0 aromatic carbocycles. The zero-order valence-electron chi connectivity index (χ0n) is 8.82. The summed E-state index contributed by atoms with van der Waals surface area (Å²) >= 11 is 0. The first-order chi connectivity index (χ1) is 7.55. The number of nitrogens with one attached hydrogen (secondary N) is 1. The molecule has 1 aromatic rings. The third-order valence-corrected chi connectivity index (χ3v) is 2.85. The molecule has 0 unspecified atom stereocenters. The molecule has 86 valence electrons. The van der Waals surface area contributed by atoms with E-state index >= 15 is 0 Å². The molecule has 0 aliphatic heterocycles. The number of hydrogen-bond donors (Lipinski definition) is 2. The van der Waals surface area contributed by atoms with Gasteiger partial charge in [-0.3, -0.25) is 9.59 Å². The van der Waals surface area contributed by atoms with Crippen molar-refractivity contribution in [2.24, 2.45) is 5.41 Å². The van der Waals surface area contributed by atoms with Crippen molar-refractivity contribution in [3.8, 4) is 0 Å². The summed E-state index contributed by atoms with van der Waals surface area (Å²) in [5.41, 5.74) is -0.262. The molecule has 1 amide bonds. The van der Waals surface area contributed by atoms with Crippen LogP contribution < -0.4 is 5.32 Å². The van der Waals surface area contributed by atoms with Crippen molar-refractivity contribution in [1.29, 1.82) is 0 Å². The number of aliphatic carboxylic acids is 1. The van der Waals surface area contributed by atoms with Gasteiger partial charge in [-0.15, -0.1) is 0 Å². The third kappa shape index (κ3) is 1.78. The van der Waals surface area contributed by atoms with Crippen molar-refractivity contribution in [2.45, 2.75) is 19.8 Å².